The Bertz CT molecular complexity index is 312. The second-order valence-electron chi connectivity index (χ2n) is 5.90. The third-order valence-electron chi connectivity index (χ3n) is 3.84. The Morgan fingerprint density at radius 3 is 2.73 bits per heavy atom. The average Bonchev–Trinajstić information content (AvgIpc) is 2.91. The molecule has 1 aliphatic rings. The maximum Gasteiger partial charge on any atom is 0.191 e. The largest absolute Gasteiger partial charge is 0.383 e. The van der Waals surface area contributed by atoms with Crippen molar-refractivity contribution in [2.75, 3.05) is 59.7 Å². The molecule has 0 radical (unpaired) electrons. The van der Waals surface area contributed by atoms with Crippen LogP contribution in [0.15, 0.2) is 4.99 Å². The Morgan fingerprint density at radius 2 is 2.14 bits per heavy atom. The van der Waals surface area contributed by atoms with Gasteiger partial charge in [0.05, 0.1) is 6.61 Å². The fourth-order valence-electron chi connectivity index (χ4n) is 2.38. The van der Waals surface area contributed by atoms with Crippen LogP contribution in [0.4, 0.5) is 0 Å². The van der Waals surface area contributed by atoms with E-state index in [4.69, 9.17) is 4.74 Å². The molecule has 1 rings (SSSR count). The van der Waals surface area contributed by atoms with Crippen LogP contribution >= 0.6 is 35.7 Å². The lowest BCUT2D eigenvalue weighted by Gasteiger charge is -2.24. The van der Waals surface area contributed by atoms with Gasteiger partial charge in [0, 0.05) is 38.5 Å². The van der Waals surface area contributed by atoms with Gasteiger partial charge in [-0.1, -0.05) is 0 Å². The van der Waals surface area contributed by atoms with Gasteiger partial charge >= 0.3 is 0 Å². The van der Waals surface area contributed by atoms with Crippen LogP contribution in [-0.2, 0) is 4.74 Å². The molecule has 0 bridgehead atoms. The highest BCUT2D eigenvalue weighted by Gasteiger charge is 2.29. The van der Waals surface area contributed by atoms with Crippen LogP contribution in [0.2, 0.25) is 0 Å². The van der Waals surface area contributed by atoms with E-state index in [1.165, 1.54) is 18.6 Å². The fraction of sp³-hybridized carbons (Fsp3) is 0.933. The minimum absolute atomic E-state index is 0. The Labute approximate surface area is 157 Å². The van der Waals surface area contributed by atoms with Crippen LogP contribution in [0, 0.1) is 0 Å². The van der Waals surface area contributed by atoms with E-state index in [2.05, 4.69) is 46.3 Å². The Morgan fingerprint density at radius 1 is 1.36 bits per heavy atom. The van der Waals surface area contributed by atoms with E-state index in [9.17, 15) is 0 Å². The van der Waals surface area contributed by atoms with Gasteiger partial charge < -0.3 is 20.3 Å². The van der Waals surface area contributed by atoms with Crippen LogP contribution in [-0.4, -0.2) is 75.4 Å². The predicted octanol–water partition coefficient (Wildman–Crippen LogP) is 2.02. The maximum atomic E-state index is 5.08. The van der Waals surface area contributed by atoms with Gasteiger partial charge in [-0.05, 0) is 45.5 Å². The van der Waals surface area contributed by atoms with Crippen molar-refractivity contribution < 1.29 is 4.74 Å². The Balaban J connectivity index is 0.00000441. The van der Waals surface area contributed by atoms with E-state index in [1.807, 2.05) is 7.05 Å². The van der Waals surface area contributed by atoms with E-state index >= 15 is 0 Å². The summed E-state index contributed by atoms with van der Waals surface area (Å²) in [5.41, 5.74) is 0. The molecule has 0 saturated carbocycles. The number of likely N-dealkylation sites (N-methyl/N-ethyl adjacent to an activating group) is 1. The highest BCUT2D eigenvalue weighted by Crippen LogP contribution is 2.36. The fourth-order valence-corrected chi connectivity index (χ4v) is 3.63. The van der Waals surface area contributed by atoms with Crippen molar-refractivity contribution >= 4 is 41.7 Å². The summed E-state index contributed by atoms with van der Waals surface area (Å²) in [7, 11) is 5.71. The summed E-state index contributed by atoms with van der Waals surface area (Å²) in [6, 6.07) is 0. The number of halogens is 1. The van der Waals surface area contributed by atoms with Crippen molar-refractivity contribution in [3.63, 3.8) is 0 Å². The van der Waals surface area contributed by atoms with Crippen molar-refractivity contribution in [3.8, 4) is 0 Å². The summed E-state index contributed by atoms with van der Waals surface area (Å²) < 4.78 is 5.45. The normalized spacial score (nSPS) is 21.8. The lowest BCUT2D eigenvalue weighted by Crippen LogP contribution is -2.44. The molecule has 0 amide bonds. The molecule has 1 fully saturated rings. The number of guanidine groups is 1. The molecule has 5 nitrogen and oxygen atoms in total. The van der Waals surface area contributed by atoms with Crippen LogP contribution in [0.1, 0.15) is 26.2 Å². The van der Waals surface area contributed by atoms with Crippen LogP contribution in [0.3, 0.4) is 0 Å². The summed E-state index contributed by atoms with van der Waals surface area (Å²) in [4.78, 5) is 6.59. The Hall–Kier alpha value is 0.270. The van der Waals surface area contributed by atoms with Gasteiger partial charge in [0.15, 0.2) is 5.96 Å². The lowest BCUT2D eigenvalue weighted by molar-refractivity contribution is 0.161. The number of nitrogens with one attached hydrogen (secondary N) is 2. The molecule has 0 aliphatic carbocycles. The standard InChI is InChI=1S/C15H32N4OS.HI/c1-15(7-5-12-21-15)13-18-14(16-2)17-8-6-9-19(3)10-11-20-4;/h5-13H2,1-4H3,(H2,16,17,18);1H. The van der Waals surface area contributed by atoms with Crippen molar-refractivity contribution in [2.45, 2.75) is 30.9 Å². The second kappa shape index (κ2) is 12.7. The number of hydrogen-bond acceptors (Lipinski definition) is 4. The molecule has 1 aliphatic heterocycles. The first kappa shape index (κ1) is 22.3. The summed E-state index contributed by atoms with van der Waals surface area (Å²) in [6.45, 7) is 7.13. The molecule has 0 spiro atoms. The summed E-state index contributed by atoms with van der Waals surface area (Å²) in [6.07, 6.45) is 3.74. The third kappa shape index (κ3) is 9.42. The molecule has 7 heteroatoms. The van der Waals surface area contributed by atoms with Gasteiger partial charge in [0.25, 0.3) is 0 Å². The minimum Gasteiger partial charge on any atom is -0.383 e. The van der Waals surface area contributed by atoms with Gasteiger partial charge in [-0.15, -0.1) is 24.0 Å². The molecule has 2 N–H and O–H groups in total. The molecule has 1 saturated heterocycles. The average molecular weight is 444 g/mol. The summed E-state index contributed by atoms with van der Waals surface area (Å²) in [5, 5.41) is 6.85. The van der Waals surface area contributed by atoms with Crippen molar-refractivity contribution in [1.29, 1.82) is 0 Å². The van der Waals surface area contributed by atoms with E-state index in [0.717, 1.165) is 45.2 Å². The SMILES string of the molecule is CN=C(NCCCN(C)CCOC)NCC1(C)CCCS1.I. The second-order valence-corrected chi connectivity index (χ2v) is 7.59. The molecule has 0 aromatic heterocycles. The molecule has 1 atom stereocenters. The molecule has 1 heterocycles. The van der Waals surface area contributed by atoms with E-state index in [-0.39, 0.29) is 24.0 Å². The monoisotopic (exact) mass is 444 g/mol. The van der Waals surface area contributed by atoms with Crippen LogP contribution < -0.4 is 10.6 Å². The molecule has 1 unspecified atom stereocenters. The van der Waals surface area contributed by atoms with Crippen molar-refractivity contribution in [2.24, 2.45) is 4.99 Å². The van der Waals surface area contributed by atoms with E-state index in [1.54, 1.807) is 7.11 Å². The minimum atomic E-state index is 0. The van der Waals surface area contributed by atoms with Gasteiger partial charge in [0.1, 0.15) is 0 Å². The smallest absolute Gasteiger partial charge is 0.191 e. The lowest BCUT2D eigenvalue weighted by atomic mass is 10.1. The highest BCUT2D eigenvalue weighted by molar-refractivity contribution is 14.0. The number of rotatable bonds is 9. The zero-order valence-corrected chi connectivity index (χ0v) is 17.6. The number of nitrogens with zero attached hydrogens (tertiary/aromatic N) is 2. The zero-order valence-electron chi connectivity index (χ0n) is 14.5. The highest BCUT2D eigenvalue weighted by atomic mass is 127. The number of thioether (sulfide) groups is 1. The maximum absolute atomic E-state index is 5.08. The van der Waals surface area contributed by atoms with Gasteiger partial charge in [-0.3, -0.25) is 4.99 Å². The van der Waals surface area contributed by atoms with Crippen molar-refractivity contribution in [3.05, 3.63) is 0 Å². The molecule has 132 valence electrons. The van der Waals surface area contributed by atoms with Gasteiger partial charge in [-0.2, -0.15) is 11.8 Å². The first-order valence-corrected chi connectivity index (χ1v) is 8.84. The molecular formula is C15H33IN4OS. The Kier molecular flexibility index (Phi) is 12.8. The summed E-state index contributed by atoms with van der Waals surface area (Å²) >= 11 is 2.07. The van der Waals surface area contributed by atoms with Crippen molar-refractivity contribution in [1.82, 2.24) is 15.5 Å². The predicted molar refractivity (Wildman–Crippen MR) is 109 cm³/mol. The third-order valence-corrected chi connectivity index (χ3v) is 5.38. The van der Waals surface area contributed by atoms with Crippen LogP contribution in [0.5, 0.6) is 0 Å². The van der Waals surface area contributed by atoms with Crippen LogP contribution in [0.25, 0.3) is 0 Å². The first-order chi connectivity index (χ1) is 10.1. The summed E-state index contributed by atoms with van der Waals surface area (Å²) in [5.74, 6) is 2.21. The number of hydrogen-bond donors (Lipinski definition) is 2. The number of methoxy groups -OCH3 is 1. The zero-order chi connectivity index (χ0) is 15.6. The van der Waals surface area contributed by atoms with Gasteiger partial charge in [0.2, 0.25) is 0 Å². The molecular weight excluding hydrogens is 411 g/mol. The number of ether oxygens (including phenoxy) is 1. The quantitative estimate of drug-likeness (QED) is 0.247. The van der Waals surface area contributed by atoms with Gasteiger partial charge in [-0.25, -0.2) is 0 Å². The van der Waals surface area contributed by atoms with E-state index < -0.39 is 0 Å². The topological polar surface area (TPSA) is 48.9 Å². The molecule has 22 heavy (non-hydrogen) atoms. The van der Waals surface area contributed by atoms with E-state index in [0.29, 0.717) is 4.75 Å². The first-order valence-electron chi connectivity index (χ1n) is 7.85. The molecule has 0 aromatic rings. The molecule has 0 aromatic carbocycles. The number of aliphatic imine (C=N–C) groups is 1.